The number of hydrogen-bond donors (Lipinski definition) is 1. The van der Waals surface area contributed by atoms with Crippen molar-refractivity contribution in [2.75, 3.05) is 16.8 Å². The Morgan fingerprint density at radius 2 is 1.90 bits per heavy atom. The first-order valence-corrected chi connectivity index (χ1v) is 9.99. The van der Waals surface area contributed by atoms with Crippen molar-refractivity contribution in [1.82, 2.24) is 19.6 Å². The lowest BCUT2D eigenvalue weighted by molar-refractivity contribution is 0.686. The zero-order chi connectivity index (χ0) is 20.7. The predicted octanol–water partition coefficient (Wildman–Crippen LogP) is 3.41. The van der Waals surface area contributed by atoms with Crippen LogP contribution < -0.4 is 15.8 Å². The number of anilines is 3. The van der Waals surface area contributed by atoms with Crippen LogP contribution in [0.15, 0.2) is 59.7 Å². The highest BCUT2D eigenvalue weighted by Gasteiger charge is 2.21. The first-order valence-electron chi connectivity index (χ1n) is 9.99. The first-order chi connectivity index (χ1) is 14.6. The van der Waals surface area contributed by atoms with Crippen molar-refractivity contribution >= 4 is 22.8 Å². The van der Waals surface area contributed by atoms with Gasteiger partial charge in [0.15, 0.2) is 11.5 Å². The van der Waals surface area contributed by atoms with Gasteiger partial charge in [0.05, 0.1) is 11.9 Å². The van der Waals surface area contributed by atoms with Crippen LogP contribution in [0.5, 0.6) is 0 Å². The lowest BCUT2D eigenvalue weighted by Crippen LogP contribution is -2.33. The number of nitrogens with one attached hydrogen (secondary N) is 1. The largest absolute Gasteiger partial charge is 0.354 e. The monoisotopic (exact) mass is 398 g/mol. The molecule has 0 aliphatic carbocycles. The summed E-state index contributed by atoms with van der Waals surface area (Å²) in [5, 5.41) is 8.07. The summed E-state index contributed by atoms with van der Waals surface area (Å²) >= 11 is 0. The van der Waals surface area contributed by atoms with Crippen molar-refractivity contribution in [3.8, 4) is 0 Å². The second-order valence-corrected chi connectivity index (χ2v) is 7.65. The van der Waals surface area contributed by atoms with Crippen molar-refractivity contribution in [2.24, 2.45) is 0 Å². The van der Waals surface area contributed by atoms with Gasteiger partial charge >= 0.3 is 0 Å². The van der Waals surface area contributed by atoms with Crippen LogP contribution in [-0.4, -0.2) is 26.1 Å². The Labute approximate surface area is 174 Å². The maximum atomic E-state index is 12.2. The molecular weight excluding hydrogens is 376 g/mol. The van der Waals surface area contributed by atoms with Gasteiger partial charge in [-0.15, -0.1) is 5.10 Å². The molecule has 0 saturated carbocycles. The first kappa shape index (κ1) is 18.3. The highest BCUT2D eigenvalue weighted by atomic mass is 16.1. The van der Waals surface area contributed by atoms with Crippen molar-refractivity contribution in [2.45, 2.75) is 26.8 Å². The Hall–Kier alpha value is -3.74. The summed E-state index contributed by atoms with van der Waals surface area (Å²) < 4.78 is 1.37. The van der Waals surface area contributed by atoms with Crippen LogP contribution in [0.25, 0.3) is 5.65 Å². The molecule has 4 aromatic rings. The fourth-order valence-electron chi connectivity index (χ4n) is 3.90. The van der Waals surface area contributed by atoms with Crippen molar-refractivity contribution < 1.29 is 0 Å². The number of fused-ring (bicyclic) bond motifs is 2. The maximum Gasteiger partial charge on any atom is 0.274 e. The zero-order valence-corrected chi connectivity index (χ0v) is 17.0. The Balaban J connectivity index is 1.47. The zero-order valence-electron chi connectivity index (χ0n) is 17.0. The van der Waals surface area contributed by atoms with Gasteiger partial charge < -0.3 is 10.2 Å². The molecule has 0 spiro atoms. The topological polar surface area (TPSA) is 75.4 Å². The molecule has 3 aromatic heterocycles. The van der Waals surface area contributed by atoms with Crippen LogP contribution in [0.3, 0.4) is 0 Å². The minimum atomic E-state index is -0.176. The average molecular weight is 398 g/mol. The van der Waals surface area contributed by atoms with E-state index in [1.54, 1.807) is 0 Å². The van der Waals surface area contributed by atoms with E-state index in [4.69, 9.17) is 0 Å². The minimum Gasteiger partial charge on any atom is -0.354 e. The molecule has 0 unspecified atom stereocenters. The number of rotatable bonds is 3. The summed E-state index contributed by atoms with van der Waals surface area (Å²) in [6, 6.07) is 13.7. The summed E-state index contributed by atoms with van der Waals surface area (Å²) in [5.74, 6) is 0.806. The predicted molar refractivity (Wildman–Crippen MR) is 117 cm³/mol. The lowest BCUT2D eigenvalue weighted by atomic mass is 10.0. The van der Waals surface area contributed by atoms with E-state index in [9.17, 15) is 4.79 Å². The van der Waals surface area contributed by atoms with Crippen LogP contribution in [-0.2, 0) is 13.0 Å². The Kier molecular flexibility index (Phi) is 4.43. The van der Waals surface area contributed by atoms with E-state index < -0.39 is 0 Å². The summed E-state index contributed by atoms with van der Waals surface area (Å²) in [5.41, 5.74) is 6.89. The Morgan fingerprint density at radius 3 is 2.77 bits per heavy atom. The van der Waals surface area contributed by atoms with Gasteiger partial charge in [-0.3, -0.25) is 9.78 Å². The molecule has 0 radical (unpaired) electrons. The fraction of sp³-hybridized carbons (Fsp3) is 0.217. The maximum absolute atomic E-state index is 12.2. The normalized spacial score (nSPS) is 13.3. The molecule has 7 heteroatoms. The molecule has 4 heterocycles. The summed E-state index contributed by atoms with van der Waals surface area (Å²) in [6.45, 7) is 5.59. The molecule has 0 bridgehead atoms. The van der Waals surface area contributed by atoms with Crippen LogP contribution in [0.1, 0.15) is 22.4 Å². The molecule has 1 aliphatic heterocycles. The number of hydrogen-bond acceptors (Lipinski definition) is 6. The number of benzene rings is 1. The molecule has 1 N–H and O–H groups in total. The van der Waals surface area contributed by atoms with E-state index in [0.29, 0.717) is 12.2 Å². The van der Waals surface area contributed by atoms with Crippen molar-refractivity contribution in [3.63, 3.8) is 0 Å². The average Bonchev–Trinajstić information content (AvgIpc) is 2.75. The summed E-state index contributed by atoms with van der Waals surface area (Å²) in [6.07, 6.45) is 4.25. The van der Waals surface area contributed by atoms with E-state index in [-0.39, 0.29) is 5.56 Å². The quantitative estimate of drug-likeness (QED) is 0.570. The number of para-hydroxylation sites is 1. The van der Waals surface area contributed by atoms with Crippen LogP contribution >= 0.6 is 0 Å². The third kappa shape index (κ3) is 3.28. The third-order valence-electron chi connectivity index (χ3n) is 5.51. The Bertz CT molecular complexity index is 1310. The van der Waals surface area contributed by atoms with Crippen LogP contribution in [0.4, 0.5) is 17.2 Å². The number of aromatic nitrogens is 4. The van der Waals surface area contributed by atoms with Crippen LogP contribution in [0, 0.1) is 13.8 Å². The molecule has 0 fully saturated rings. The van der Waals surface area contributed by atoms with Gasteiger partial charge in [-0.2, -0.15) is 4.52 Å². The standard InChI is InChI=1S/C23H22N6O/c1-15-5-3-4-6-19(15)26-18-12-17-14-28(10-8-20(17)25-13-18)23-16(2)11-21-24-9-7-22(30)29(21)27-23/h3-7,9,11-13,26H,8,10,14H2,1-2H3. The van der Waals surface area contributed by atoms with E-state index in [0.717, 1.165) is 41.4 Å². The van der Waals surface area contributed by atoms with Crippen molar-refractivity contribution in [1.29, 1.82) is 0 Å². The molecule has 0 amide bonds. The molecule has 1 aliphatic rings. The van der Waals surface area contributed by atoms with Gasteiger partial charge in [-0.25, -0.2) is 4.98 Å². The Morgan fingerprint density at radius 1 is 1.03 bits per heavy atom. The van der Waals surface area contributed by atoms with Gasteiger partial charge in [0, 0.05) is 43.2 Å². The highest BCUT2D eigenvalue weighted by molar-refractivity contribution is 5.63. The smallest absolute Gasteiger partial charge is 0.274 e. The van der Waals surface area contributed by atoms with E-state index >= 15 is 0 Å². The number of pyridine rings is 1. The molecule has 7 nitrogen and oxygen atoms in total. The van der Waals surface area contributed by atoms with E-state index in [1.807, 2.05) is 31.3 Å². The minimum absolute atomic E-state index is 0.176. The SMILES string of the molecule is Cc1ccccc1Nc1cnc2c(c1)CN(c1nn3c(=O)ccnc3cc1C)CC2. The van der Waals surface area contributed by atoms with Gasteiger partial charge in [0.25, 0.3) is 5.56 Å². The highest BCUT2D eigenvalue weighted by Crippen LogP contribution is 2.27. The van der Waals surface area contributed by atoms with Gasteiger partial charge in [-0.1, -0.05) is 18.2 Å². The van der Waals surface area contributed by atoms with Gasteiger partial charge in [0.1, 0.15) is 0 Å². The molecular formula is C23H22N6O. The summed E-state index contributed by atoms with van der Waals surface area (Å²) in [7, 11) is 0. The lowest BCUT2D eigenvalue weighted by Gasteiger charge is -2.30. The summed E-state index contributed by atoms with van der Waals surface area (Å²) in [4.78, 5) is 23.3. The van der Waals surface area contributed by atoms with Gasteiger partial charge in [0.2, 0.25) is 0 Å². The fourth-order valence-corrected chi connectivity index (χ4v) is 3.90. The molecule has 0 saturated heterocycles. The molecule has 1 aromatic carbocycles. The van der Waals surface area contributed by atoms with Crippen LogP contribution in [0.2, 0.25) is 0 Å². The molecule has 5 rings (SSSR count). The molecule has 30 heavy (non-hydrogen) atoms. The number of nitrogens with zero attached hydrogens (tertiary/aromatic N) is 5. The second kappa shape index (κ2) is 7.26. The third-order valence-corrected chi connectivity index (χ3v) is 5.51. The second-order valence-electron chi connectivity index (χ2n) is 7.65. The molecule has 0 atom stereocenters. The number of aryl methyl sites for hydroxylation is 2. The van der Waals surface area contributed by atoms with Gasteiger partial charge in [-0.05, 0) is 48.7 Å². The van der Waals surface area contributed by atoms with E-state index in [2.05, 4.69) is 50.4 Å². The van der Waals surface area contributed by atoms with E-state index in [1.165, 1.54) is 27.9 Å². The molecule has 150 valence electrons. The van der Waals surface area contributed by atoms with Crippen molar-refractivity contribution in [3.05, 3.63) is 87.6 Å².